The molecule has 106 valence electrons. The molecule has 0 bridgehead atoms. The van der Waals surface area contributed by atoms with Gasteiger partial charge in [-0.2, -0.15) is 0 Å². The fourth-order valence-corrected chi connectivity index (χ4v) is 2.49. The summed E-state index contributed by atoms with van der Waals surface area (Å²) < 4.78 is 19.9. The van der Waals surface area contributed by atoms with Gasteiger partial charge in [-0.1, -0.05) is 51.1 Å². The van der Waals surface area contributed by atoms with E-state index in [-0.39, 0.29) is 11.2 Å². The molecule has 0 aliphatic heterocycles. The fourth-order valence-electron chi connectivity index (χ4n) is 2.49. The van der Waals surface area contributed by atoms with E-state index in [0.29, 0.717) is 12.4 Å². The Hall–Kier alpha value is -1.83. The average Bonchev–Trinajstić information content (AvgIpc) is 2.35. The van der Waals surface area contributed by atoms with Gasteiger partial charge in [-0.25, -0.2) is 4.39 Å². The van der Waals surface area contributed by atoms with Crippen molar-refractivity contribution in [2.45, 2.75) is 39.7 Å². The SMILES string of the molecule is Cc1cc(OCc2ccccc2)cc(F)c1C(C)(C)C. The highest BCUT2D eigenvalue weighted by atomic mass is 19.1. The first-order valence-corrected chi connectivity index (χ1v) is 6.85. The highest BCUT2D eigenvalue weighted by Gasteiger charge is 2.21. The van der Waals surface area contributed by atoms with Crippen LogP contribution >= 0.6 is 0 Å². The Bertz CT molecular complexity index is 559. The Morgan fingerprint density at radius 3 is 2.25 bits per heavy atom. The van der Waals surface area contributed by atoms with Crippen molar-refractivity contribution >= 4 is 0 Å². The Labute approximate surface area is 120 Å². The Morgan fingerprint density at radius 2 is 1.70 bits per heavy atom. The Kier molecular flexibility index (Phi) is 4.12. The molecule has 2 rings (SSSR count). The summed E-state index contributed by atoms with van der Waals surface area (Å²) in [6, 6.07) is 13.3. The quantitative estimate of drug-likeness (QED) is 0.763. The second kappa shape index (κ2) is 5.66. The Morgan fingerprint density at radius 1 is 1.05 bits per heavy atom. The molecule has 0 aliphatic rings. The highest BCUT2D eigenvalue weighted by Crippen LogP contribution is 2.31. The van der Waals surface area contributed by atoms with E-state index in [9.17, 15) is 4.39 Å². The third kappa shape index (κ3) is 3.38. The van der Waals surface area contributed by atoms with Gasteiger partial charge in [-0.15, -0.1) is 0 Å². The molecule has 0 heterocycles. The number of halogens is 1. The molecule has 1 nitrogen and oxygen atoms in total. The molecule has 0 radical (unpaired) electrons. The summed E-state index contributed by atoms with van der Waals surface area (Å²) >= 11 is 0. The predicted octanol–water partition coefficient (Wildman–Crippen LogP) is 5.01. The molecule has 0 aromatic heterocycles. The van der Waals surface area contributed by atoms with Gasteiger partial charge in [0.25, 0.3) is 0 Å². The van der Waals surface area contributed by atoms with Gasteiger partial charge in [0.2, 0.25) is 0 Å². The van der Waals surface area contributed by atoms with Crippen LogP contribution in [0.15, 0.2) is 42.5 Å². The lowest BCUT2D eigenvalue weighted by molar-refractivity contribution is 0.303. The van der Waals surface area contributed by atoms with E-state index in [0.717, 1.165) is 16.7 Å². The topological polar surface area (TPSA) is 9.23 Å². The lowest BCUT2D eigenvalue weighted by atomic mass is 9.83. The number of benzene rings is 2. The number of hydrogen-bond acceptors (Lipinski definition) is 1. The molecule has 0 amide bonds. The van der Waals surface area contributed by atoms with E-state index in [1.165, 1.54) is 6.07 Å². The van der Waals surface area contributed by atoms with E-state index in [1.54, 1.807) is 0 Å². The Balaban J connectivity index is 2.19. The zero-order valence-electron chi connectivity index (χ0n) is 12.5. The maximum atomic E-state index is 14.3. The smallest absolute Gasteiger partial charge is 0.130 e. The van der Waals surface area contributed by atoms with Gasteiger partial charge < -0.3 is 4.74 Å². The highest BCUT2D eigenvalue weighted by molar-refractivity contribution is 5.40. The average molecular weight is 272 g/mol. The third-order valence-corrected chi connectivity index (χ3v) is 3.26. The van der Waals surface area contributed by atoms with Crippen molar-refractivity contribution < 1.29 is 9.13 Å². The molecule has 2 heteroatoms. The van der Waals surface area contributed by atoms with E-state index < -0.39 is 0 Å². The number of hydrogen-bond donors (Lipinski definition) is 0. The largest absolute Gasteiger partial charge is 0.489 e. The molecule has 0 N–H and O–H groups in total. The van der Waals surface area contributed by atoms with E-state index in [1.807, 2.05) is 64.1 Å². The van der Waals surface area contributed by atoms with Gasteiger partial charge in [-0.05, 0) is 35.1 Å². The summed E-state index contributed by atoms with van der Waals surface area (Å²) in [6.07, 6.45) is 0. The van der Waals surface area contributed by atoms with Crippen molar-refractivity contribution in [1.29, 1.82) is 0 Å². The van der Waals surface area contributed by atoms with Crippen LogP contribution in [0.1, 0.15) is 37.5 Å². The van der Waals surface area contributed by atoms with Crippen molar-refractivity contribution in [2.24, 2.45) is 0 Å². The van der Waals surface area contributed by atoms with Crippen LogP contribution in [0.25, 0.3) is 0 Å². The zero-order valence-corrected chi connectivity index (χ0v) is 12.5. The predicted molar refractivity (Wildman–Crippen MR) is 80.6 cm³/mol. The molecular weight excluding hydrogens is 251 g/mol. The molecule has 2 aromatic rings. The summed E-state index contributed by atoms with van der Waals surface area (Å²) in [5.41, 5.74) is 2.56. The zero-order chi connectivity index (χ0) is 14.8. The van der Waals surface area contributed by atoms with Gasteiger partial charge in [0.05, 0.1) is 0 Å². The second-order valence-corrected chi connectivity index (χ2v) is 6.12. The number of aryl methyl sites for hydroxylation is 1. The van der Waals surface area contributed by atoms with Crippen LogP contribution < -0.4 is 4.74 Å². The van der Waals surface area contributed by atoms with Crippen LogP contribution in [0, 0.1) is 12.7 Å². The minimum absolute atomic E-state index is 0.194. The summed E-state index contributed by atoms with van der Waals surface area (Å²) in [5, 5.41) is 0. The first-order chi connectivity index (χ1) is 9.38. The lowest BCUT2D eigenvalue weighted by Crippen LogP contribution is -2.15. The molecule has 0 fully saturated rings. The van der Waals surface area contributed by atoms with Gasteiger partial charge in [-0.3, -0.25) is 0 Å². The van der Waals surface area contributed by atoms with Gasteiger partial charge in [0.15, 0.2) is 0 Å². The second-order valence-electron chi connectivity index (χ2n) is 6.12. The molecule has 0 spiro atoms. The van der Waals surface area contributed by atoms with Crippen LogP contribution in [-0.2, 0) is 12.0 Å². The molecule has 2 aromatic carbocycles. The normalized spacial score (nSPS) is 11.4. The maximum Gasteiger partial charge on any atom is 0.130 e. The van der Waals surface area contributed by atoms with Crippen LogP contribution in [0.4, 0.5) is 4.39 Å². The van der Waals surface area contributed by atoms with Crippen LogP contribution in [0.2, 0.25) is 0 Å². The summed E-state index contributed by atoms with van der Waals surface area (Å²) in [5.74, 6) is 0.386. The maximum absolute atomic E-state index is 14.3. The van der Waals surface area contributed by atoms with Crippen LogP contribution in [0.3, 0.4) is 0 Å². The number of ether oxygens (including phenoxy) is 1. The molecule has 0 saturated heterocycles. The minimum atomic E-state index is -0.202. The molecule has 0 saturated carbocycles. The van der Waals surface area contributed by atoms with Gasteiger partial charge >= 0.3 is 0 Å². The summed E-state index contributed by atoms with van der Waals surface area (Å²) in [7, 11) is 0. The van der Waals surface area contributed by atoms with E-state index in [4.69, 9.17) is 4.74 Å². The monoisotopic (exact) mass is 272 g/mol. The molecule has 0 unspecified atom stereocenters. The lowest BCUT2D eigenvalue weighted by Gasteiger charge is -2.23. The molecule has 0 atom stereocenters. The van der Waals surface area contributed by atoms with E-state index in [2.05, 4.69) is 0 Å². The van der Waals surface area contributed by atoms with E-state index >= 15 is 0 Å². The first-order valence-electron chi connectivity index (χ1n) is 6.85. The number of rotatable bonds is 3. The first kappa shape index (κ1) is 14.6. The van der Waals surface area contributed by atoms with Crippen LogP contribution in [0.5, 0.6) is 5.75 Å². The summed E-state index contributed by atoms with van der Waals surface area (Å²) in [4.78, 5) is 0. The van der Waals surface area contributed by atoms with Crippen molar-refractivity contribution in [3.63, 3.8) is 0 Å². The van der Waals surface area contributed by atoms with Gasteiger partial charge in [0, 0.05) is 6.07 Å². The molecular formula is C18H21FO. The standard InChI is InChI=1S/C18H21FO/c1-13-10-15(11-16(19)17(13)18(2,3)4)20-12-14-8-6-5-7-9-14/h5-11H,12H2,1-4H3. The van der Waals surface area contributed by atoms with Crippen molar-refractivity contribution in [2.75, 3.05) is 0 Å². The van der Waals surface area contributed by atoms with Crippen molar-refractivity contribution in [3.8, 4) is 5.75 Å². The summed E-state index contributed by atoms with van der Waals surface area (Å²) in [6.45, 7) is 8.43. The minimum Gasteiger partial charge on any atom is -0.489 e. The van der Waals surface area contributed by atoms with Gasteiger partial charge in [0.1, 0.15) is 18.2 Å². The molecule has 0 aliphatic carbocycles. The van der Waals surface area contributed by atoms with Crippen molar-refractivity contribution in [1.82, 2.24) is 0 Å². The third-order valence-electron chi connectivity index (χ3n) is 3.26. The molecule has 20 heavy (non-hydrogen) atoms. The fraction of sp³-hybridized carbons (Fsp3) is 0.333. The van der Waals surface area contributed by atoms with Crippen LogP contribution in [-0.4, -0.2) is 0 Å². The van der Waals surface area contributed by atoms with Crippen molar-refractivity contribution in [3.05, 3.63) is 65.0 Å².